The molecule has 1 aliphatic heterocycles. The number of aromatic nitrogens is 1. The zero-order valence-electron chi connectivity index (χ0n) is 9.32. The molecule has 6 heteroatoms. The molecule has 0 aromatic carbocycles. The lowest BCUT2D eigenvalue weighted by Crippen LogP contribution is -2.42. The van der Waals surface area contributed by atoms with E-state index in [0.717, 1.165) is 16.6 Å². The minimum atomic E-state index is -0.0477. The number of nitrogens with one attached hydrogen (secondary N) is 2. The molecule has 1 amide bonds. The highest BCUT2D eigenvalue weighted by Gasteiger charge is 2.24. The van der Waals surface area contributed by atoms with Crippen LogP contribution in [0.1, 0.15) is 22.9 Å². The van der Waals surface area contributed by atoms with Crippen LogP contribution in [0.5, 0.6) is 0 Å². The molecule has 1 aromatic heterocycles. The first-order chi connectivity index (χ1) is 7.66. The number of aryl methyl sites for hydroxylation is 1. The summed E-state index contributed by atoms with van der Waals surface area (Å²) >= 11 is 3.38. The third-order valence-electron chi connectivity index (χ3n) is 2.40. The van der Waals surface area contributed by atoms with Gasteiger partial charge in [0, 0.05) is 22.7 Å². The summed E-state index contributed by atoms with van der Waals surface area (Å²) in [5.41, 5.74) is 0. The second kappa shape index (κ2) is 5.16. The van der Waals surface area contributed by atoms with Crippen LogP contribution in [0.25, 0.3) is 0 Å². The highest BCUT2D eigenvalue weighted by atomic mass is 32.2. The van der Waals surface area contributed by atoms with E-state index in [1.807, 2.05) is 20.0 Å². The Kier molecular flexibility index (Phi) is 3.83. The van der Waals surface area contributed by atoms with Gasteiger partial charge in [-0.25, -0.2) is 4.98 Å². The molecule has 0 spiro atoms. The molecule has 2 N–H and O–H groups in total. The zero-order chi connectivity index (χ0) is 11.5. The van der Waals surface area contributed by atoms with Crippen LogP contribution >= 0.6 is 23.1 Å². The van der Waals surface area contributed by atoms with E-state index in [-0.39, 0.29) is 18.0 Å². The summed E-state index contributed by atoms with van der Waals surface area (Å²) in [5, 5.41) is 7.11. The summed E-state index contributed by atoms with van der Waals surface area (Å²) in [5.74, 6) is 1.79. The second-order valence-electron chi connectivity index (χ2n) is 3.81. The van der Waals surface area contributed by atoms with E-state index in [4.69, 9.17) is 0 Å². The average molecular weight is 257 g/mol. The van der Waals surface area contributed by atoms with Gasteiger partial charge in [-0.15, -0.1) is 23.1 Å². The lowest BCUT2D eigenvalue weighted by molar-refractivity contribution is -0.123. The number of nitrogens with zero attached hydrogens (tertiary/aromatic N) is 1. The maximum Gasteiger partial charge on any atom is 0.238 e. The zero-order valence-corrected chi connectivity index (χ0v) is 11.0. The summed E-state index contributed by atoms with van der Waals surface area (Å²) in [7, 11) is 0. The molecule has 16 heavy (non-hydrogen) atoms. The largest absolute Gasteiger partial charge is 0.346 e. The smallest absolute Gasteiger partial charge is 0.238 e. The van der Waals surface area contributed by atoms with Gasteiger partial charge in [-0.1, -0.05) is 0 Å². The van der Waals surface area contributed by atoms with Crippen LogP contribution in [0.3, 0.4) is 0 Å². The van der Waals surface area contributed by atoms with Crippen molar-refractivity contribution >= 4 is 29.0 Å². The second-order valence-corrected chi connectivity index (χ2v) is 6.11. The lowest BCUT2D eigenvalue weighted by Gasteiger charge is -2.14. The number of rotatable bonds is 3. The van der Waals surface area contributed by atoms with Crippen molar-refractivity contribution in [1.29, 1.82) is 0 Å². The third kappa shape index (κ3) is 2.75. The predicted octanol–water partition coefficient (Wildman–Crippen LogP) is 1.29. The van der Waals surface area contributed by atoms with Crippen molar-refractivity contribution in [2.45, 2.75) is 25.9 Å². The highest BCUT2D eigenvalue weighted by Crippen LogP contribution is 2.19. The summed E-state index contributed by atoms with van der Waals surface area (Å²) in [4.78, 5) is 17.3. The topological polar surface area (TPSA) is 54.0 Å². The summed E-state index contributed by atoms with van der Waals surface area (Å²) < 4.78 is 0. The molecule has 2 unspecified atom stereocenters. The van der Waals surface area contributed by atoms with Gasteiger partial charge in [0.25, 0.3) is 0 Å². The van der Waals surface area contributed by atoms with Crippen molar-refractivity contribution in [3.05, 3.63) is 16.1 Å². The minimum Gasteiger partial charge on any atom is -0.346 e. The van der Waals surface area contributed by atoms with Gasteiger partial charge in [0.05, 0.1) is 12.1 Å². The molecule has 2 rings (SSSR count). The summed E-state index contributed by atoms with van der Waals surface area (Å²) in [6.07, 6.45) is 1.84. The number of thiazole rings is 1. The van der Waals surface area contributed by atoms with Crippen LogP contribution in [-0.2, 0) is 4.79 Å². The Balaban J connectivity index is 1.91. The molecule has 1 fully saturated rings. The van der Waals surface area contributed by atoms with Gasteiger partial charge < -0.3 is 5.32 Å². The molecule has 4 nitrogen and oxygen atoms in total. The normalized spacial score (nSPS) is 22.0. The van der Waals surface area contributed by atoms with E-state index < -0.39 is 0 Å². The number of carbonyl (C=O) groups excluding carboxylic acids is 1. The average Bonchev–Trinajstić information content (AvgIpc) is 2.87. The van der Waals surface area contributed by atoms with Crippen molar-refractivity contribution in [2.75, 3.05) is 11.6 Å². The van der Waals surface area contributed by atoms with E-state index in [0.29, 0.717) is 0 Å². The molecule has 1 aromatic rings. The fourth-order valence-corrected chi connectivity index (χ4v) is 3.23. The molecule has 0 saturated carbocycles. The van der Waals surface area contributed by atoms with E-state index in [1.165, 1.54) is 4.88 Å². The first-order valence-corrected chi connectivity index (χ1v) is 7.18. The van der Waals surface area contributed by atoms with Crippen LogP contribution in [0.2, 0.25) is 0 Å². The number of amides is 1. The van der Waals surface area contributed by atoms with Crippen LogP contribution in [0.4, 0.5) is 0 Å². The van der Waals surface area contributed by atoms with Crippen LogP contribution in [0, 0.1) is 6.92 Å². The Morgan fingerprint density at radius 2 is 2.56 bits per heavy atom. The lowest BCUT2D eigenvalue weighted by atomic mass is 10.3. The molecular formula is C10H15N3OS2. The molecule has 0 radical (unpaired) electrons. The highest BCUT2D eigenvalue weighted by molar-refractivity contribution is 7.99. The molecular weight excluding hydrogens is 242 g/mol. The first kappa shape index (κ1) is 11.9. The molecule has 0 bridgehead atoms. The Morgan fingerprint density at radius 3 is 3.12 bits per heavy atom. The summed E-state index contributed by atoms with van der Waals surface area (Å²) in [6.45, 7) is 3.99. The fraction of sp³-hybridized carbons (Fsp3) is 0.600. The van der Waals surface area contributed by atoms with E-state index in [1.54, 1.807) is 23.1 Å². The molecule has 2 heterocycles. The van der Waals surface area contributed by atoms with Crippen molar-refractivity contribution in [2.24, 2.45) is 0 Å². The fourth-order valence-electron chi connectivity index (χ4n) is 1.51. The van der Waals surface area contributed by atoms with Gasteiger partial charge in [0.15, 0.2) is 0 Å². The van der Waals surface area contributed by atoms with Crippen molar-refractivity contribution < 1.29 is 4.79 Å². The monoisotopic (exact) mass is 257 g/mol. The SMILES string of the molecule is Cc1cnc(C(C)NC(=O)C2CSCN2)s1. The van der Waals surface area contributed by atoms with Gasteiger partial charge in [0.2, 0.25) is 5.91 Å². The standard InChI is InChI=1S/C10H15N3OS2/c1-6-3-11-10(16-6)7(2)13-9(14)8-4-15-5-12-8/h3,7-8,12H,4-5H2,1-2H3,(H,13,14). The molecule has 0 aliphatic carbocycles. The van der Waals surface area contributed by atoms with Crippen LogP contribution < -0.4 is 10.6 Å². The van der Waals surface area contributed by atoms with Gasteiger partial charge in [-0.3, -0.25) is 10.1 Å². The van der Waals surface area contributed by atoms with E-state index in [2.05, 4.69) is 15.6 Å². The number of thioether (sulfide) groups is 1. The van der Waals surface area contributed by atoms with Crippen molar-refractivity contribution in [3.63, 3.8) is 0 Å². The molecule has 1 saturated heterocycles. The quantitative estimate of drug-likeness (QED) is 0.857. The number of carbonyl (C=O) groups is 1. The van der Waals surface area contributed by atoms with Gasteiger partial charge >= 0.3 is 0 Å². The van der Waals surface area contributed by atoms with Gasteiger partial charge in [-0.05, 0) is 13.8 Å². The molecule has 88 valence electrons. The summed E-state index contributed by atoms with van der Waals surface area (Å²) in [6, 6.07) is -0.0490. The Labute approximate surface area is 103 Å². The van der Waals surface area contributed by atoms with Crippen molar-refractivity contribution in [3.8, 4) is 0 Å². The predicted molar refractivity (Wildman–Crippen MR) is 67.7 cm³/mol. The minimum absolute atomic E-state index is 0.00130. The Hall–Kier alpha value is -0.590. The van der Waals surface area contributed by atoms with Gasteiger partial charge in [0.1, 0.15) is 5.01 Å². The van der Waals surface area contributed by atoms with Crippen LogP contribution in [0.15, 0.2) is 6.20 Å². The third-order valence-corrected chi connectivity index (χ3v) is 4.44. The Morgan fingerprint density at radius 1 is 1.75 bits per heavy atom. The van der Waals surface area contributed by atoms with E-state index >= 15 is 0 Å². The van der Waals surface area contributed by atoms with Crippen LogP contribution in [-0.4, -0.2) is 28.6 Å². The number of hydrogen-bond acceptors (Lipinski definition) is 5. The molecule has 1 aliphatic rings. The maximum atomic E-state index is 11.8. The van der Waals surface area contributed by atoms with Gasteiger partial charge in [-0.2, -0.15) is 0 Å². The maximum absolute atomic E-state index is 11.8. The first-order valence-electron chi connectivity index (χ1n) is 5.20. The van der Waals surface area contributed by atoms with Crippen molar-refractivity contribution in [1.82, 2.24) is 15.6 Å². The number of hydrogen-bond donors (Lipinski definition) is 2. The van der Waals surface area contributed by atoms with E-state index in [9.17, 15) is 4.79 Å². The Bertz CT molecular complexity index is 374. The molecule has 2 atom stereocenters.